The Bertz CT molecular complexity index is 1260. The van der Waals surface area contributed by atoms with E-state index in [1.54, 1.807) is 30.3 Å². The van der Waals surface area contributed by atoms with E-state index < -0.39 is 28.5 Å². The molecule has 38 heavy (non-hydrogen) atoms. The second-order valence-corrected chi connectivity index (χ2v) is 12.8. The lowest BCUT2D eigenvalue weighted by Crippen LogP contribution is -2.53. The number of rotatable bonds is 10. The van der Waals surface area contributed by atoms with Crippen molar-refractivity contribution in [3.63, 3.8) is 0 Å². The van der Waals surface area contributed by atoms with Crippen molar-refractivity contribution in [2.24, 2.45) is 0 Å². The van der Waals surface area contributed by atoms with Crippen LogP contribution in [-0.2, 0) is 26.2 Å². The molecule has 7 nitrogen and oxygen atoms in total. The van der Waals surface area contributed by atoms with Gasteiger partial charge in [-0.1, -0.05) is 61.5 Å². The largest absolute Gasteiger partial charge is 0.352 e. The van der Waals surface area contributed by atoms with E-state index in [1.807, 2.05) is 26.8 Å². The lowest BCUT2D eigenvalue weighted by Gasteiger charge is -2.34. The molecule has 0 heterocycles. The van der Waals surface area contributed by atoms with Crippen LogP contribution in [0.25, 0.3) is 0 Å². The van der Waals surface area contributed by atoms with Crippen molar-refractivity contribution in [2.45, 2.75) is 77.9 Å². The van der Waals surface area contributed by atoms with Crippen LogP contribution in [0.2, 0.25) is 10.0 Å². The highest BCUT2D eigenvalue weighted by Crippen LogP contribution is 2.26. The third-order valence-electron chi connectivity index (χ3n) is 7.13. The summed E-state index contributed by atoms with van der Waals surface area (Å²) in [6, 6.07) is 9.62. The Hall–Kier alpha value is -2.29. The van der Waals surface area contributed by atoms with E-state index in [1.165, 1.54) is 4.90 Å². The lowest BCUT2D eigenvalue weighted by atomic mass is 9.95. The van der Waals surface area contributed by atoms with Crippen LogP contribution in [0.1, 0.15) is 62.1 Å². The molecule has 1 N–H and O–H groups in total. The van der Waals surface area contributed by atoms with Crippen molar-refractivity contribution in [3.8, 4) is 0 Å². The maximum atomic E-state index is 13.9. The molecule has 208 valence electrons. The van der Waals surface area contributed by atoms with Crippen LogP contribution in [0.5, 0.6) is 0 Å². The van der Waals surface area contributed by atoms with Gasteiger partial charge >= 0.3 is 0 Å². The molecular formula is C28H37Cl2N3O4S. The quantitative estimate of drug-likeness (QED) is 0.393. The standard InChI is InChI=1S/C28H37Cl2N3O4S/c1-5-26(28(35)31-22-9-7-6-8-10-22)32(17-21-12-14-24(29)25(30)16-21)27(34)18-33(38(4,36)37)23-13-11-19(2)20(3)15-23/h11-16,22,26H,5-10,17-18H2,1-4H3,(H,31,35)/t26-/m0/s1. The van der Waals surface area contributed by atoms with Crippen molar-refractivity contribution in [2.75, 3.05) is 17.1 Å². The van der Waals surface area contributed by atoms with Crippen LogP contribution in [0.3, 0.4) is 0 Å². The molecular weight excluding hydrogens is 545 g/mol. The van der Waals surface area contributed by atoms with Crippen molar-refractivity contribution < 1.29 is 18.0 Å². The van der Waals surface area contributed by atoms with Crippen molar-refractivity contribution >= 4 is 50.7 Å². The van der Waals surface area contributed by atoms with E-state index in [0.717, 1.165) is 53.8 Å². The summed E-state index contributed by atoms with van der Waals surface area (Å²) >= 11 is 12.3. The van der Waals surface area contributed by atoms with Gasteiger partial charge in [-0.25, -0.2) is 8.42 Å². The predicted octanol–water partition coefficient (Wildman–Crippen LogP) is 5.63. The number of anilines is 1. The number of benzene rings is 2. The number of nitrogens with one attached hydrogen (secondary N) is 1. The zero-order valence-corrected chi connectivity index (χ0v) is 24.8. The number of carbonyl (C=O) groups is 2. The Morgan fingerprint density at radius 3 is 2.26 bits per heavy atom. The van der Waals surface area contributed by atoms with Crippen LogP contribution < -0.4 is 9.62 Å². The summed E-state index contributed by atoms with van der Waals surface area (Å²) in [5, 5.41) is 3.85. The first-order valence-electron chi connectivity index (χ1n) is 13.0. The molecule has 1 atom stereocenters. The summed E-state index contributed by atoms with van der Waals surface area (Å²) in [5.74, 6) is -0.713. The first kappa shape index (κ1) is 30.3. The number of halogens is 2. The molecule has 1 saturated carbocycles. The van der Waals surface area contributed by atoms with Crippen molar-refractivity contribution in [3.05, 3.63) is 63.1 Å². The van der Waals surface area contributed by atoms with Gasteiger partial charge in [-0.15, -0.1) is 0 Å². The number of nitrogens with zero attached hydrogens (tertiary/aromatic N) is 2. The van der Waals surface area contributed by atoms with Gasteiger partial charge in [-0.05, 0) is 74.1 Å². The fourth-order valence-corrected chi connectivity index (χ4v) is 5.96. The van der Waals surface area contributed by atoms with Gasteiger partial charge < -0.3 is 10.2 Å². The molecule has 3 rings (SSSR count). The van der Waals surface area contributed by atoms with Gasteiger partial charge in [0.05, 0.1) is 22.0 Å². The van der Waals surface area contributed by atoms with E-state index >= 15 is 0 Å². The van der Waals surface area contributed by atoms with E-state index in [9.17, 15) is 18.0 Å². The third-order valence-corrected chi connectivity index (χ3v) is 9.01. The van der Waals surface area contributed by atoms with Gasteiger partial charge in [0.2, 0.25) is 21.8 Å². The molecule has 0 aromatic heterocycles. The van der Waals surface area contributed by atoms with Gasteiger partial charge in [0.15, 0.2) is 0 Å². The topological polar surface area (TPSA) is 86.8 Å². The highest BCUT2D eigenvalue weighted by Gasteiger charge is 2.33. The Kier molecular flexibility index (Phi) is 10.5. The maximum Gasteiger partial charge on any atom is 0.244 e. The Morgan fingerprint density at radius 1 is 1.00 bits per heavy atom. The summed E-state index contributed by atoms with van der Waals surface area (Å²) in [6.07, 6.45) is 6.56. The molecule has 10 heteroatoms. The van der Waals surface area contributed by atoms with Crippen LogP contribution in [0.15, 0.2) is 36.4 Å². The number of hydrogen-bond donors (Lipinski definition) is 1. The Balaban J connectivity index is 1.94. The van der Waals surface area contributed by atoms with Gasteiger partial charge in [-0.2, -0.15) is 0 Å². The lowest BCUT2D eigenvalue weighted by molar-refractivity contribution is -0.140. The molecule has 2 aromatic rings. The van der Waals surface area contributed by atoms with E-state index in [0.29, 0.717) is 27.7 Å². The summed E-state index contributed by atoms with van der Waals surface area (Å²) in [5.41, 5.74) is 3.02. The molecule has 1 aliphatic rings. The highest BCUT2D eigenvalue weighted by atomic mass is 35.5. The van der Waals surface area contributed by atoms with Crippen LogP contribution in [0, 0.1) is 13.8 Å². The van der Waals surface area contributed by atoms with E-state index in [-0.39, 0.29) is 18.5 Å². The molecule has 0 bridgehead atoms. The number of amides is 2. The molecule has 0 saturated heterocycles. The Labute approximate surface area is 236 Å². The maximum absolute atomic E-state index is 13.9. The second-order valence-electron chi connectivity index (χ2n) is 10.1. The van der Waals surface area contributed by atoms with Crippen LogP contribution in [-0.4, -0.2) is 50.0 Å². The number of carbonyl (C=O) groups excluding carboxylic acids is 2. The zero-order valence-electron chi connectivity index (χ0n) is 22.5. The monoisotopic (exact) mass is 581 g/mol. The van der Waals surface area contributed by atoms with Gasteiger partial charge in [-0.3, -0.25) is 13.9 Å². The summed E-state index contributed by atoms with van der Waals surface area (Å²) in [6.45, 7) is 5.32. The van der Waals surface area contributed by atoms with E-state index in [4.69, 9.17) is 23.2 Å². The molecule has 2 aromatic carbocycles. The third kappa shape index (κ3) is 7.87. The fourth-order valence-electron chi connectivity index (χ4n) is 4.79. The molecule has 0 unspecified atom stereocenters. The summed E-state index contributed by atoms with van der Waals surface area (Å²) in [4.78, 5) is 28.8. The second kappa shape index (κ2) is 13.2. The normalized spacial score (nSPS) is 15.1. The minimum absolute atomic E-state index is 0.0790. The minimum Gasteiger partial charge on any atom is -0.352 e. The Morgan fingerprint density at radius 2 is 1.68 bits per heavy atom. The zero-order chi connectivity index (χ0) is 28.0. The molecule has 1 aliphatic carbocycles. The van der Waals surface area contributed by atoms with Crippen molar-refractivity contribution in [1.82, 2.24) is 10.2 Å². The van der Waals surface area contributed by atoms with Crippen LogP contribution >= 0.6 is 23.2 Å². The molecule has 0 radical (unpaired) electrons. The van der Waals surface area contributed by atoms with Crippen LogP contribution in [0.4, 0.5) is 5.69 Å². The molecule has 2 amide bonds. The van der Waals surface area contributed by atoms with E-state index in [2.05, 4.69) is 5.32 Å². The number of hydrogen-bond acceptors (Lipinski definition) is 4. The van der Waals surface area contributed by atoms with Gasteiger partial charge in [0.1, 0.15) is 12.6 Å². The van der Waals surface area contributed by atoms with Gasteiger partial charge in [0, 0.05) is 12.6 Å². The smallest absolute Gasteiger partial charge is 0.244 e. The first-order chi connectivity index (χ1) is 17.9. The average Bonchev–Trinajstić information content (AvgIpc) is 2.86. The predicted molar refractivity (Wildman–Crippen MR) is 154 cm³/mol. The number of sulfonamides is 1. The fraction of sp³-hybridized carbons (Fsp3) is 0.500. The van der Waals surface area contributed by atoms with Gasteiger partial charge in [0.25, 0.3) is 0 Å². The molecule has 0 spiro atoms. The highest BCUT2D eigenvalue weighted by molar-refractivity contribution is 7.92. The van der Waals surface area contributed by atoms with Crippen molar-refractivity contribution in [1.29, 1.82) is 0 Å². The number of aryl methyl sites for hydroxylation is 2. The first-order valence-corrected chi connectivity index (χ1v) is 15.6. The summed E-state index contributed by atoms with van der Waals surface area (Å²) in [7, 11) is -3.79. The SMILES string of the molecule is CC[C@@H](C(=O)NC1CCCCC1)N(Cc1ccc(Cl)c(Cl)c1)C(=O)CN(c1ccc(C)c(C)c1)S(C)(=O)=O. The molecule has 1 fully saturated rings. The molecule has 0 aliphatic heterocycles. The minimum atomic E-state index is -3.79. The summed E-state index contributed by atoms with van der Waals surface area (Å²) < 4.78 is 26.7. The average molecular weight is 583 g/mol.